The van der Waals surface area contributed by atoms with Gasteiger partial charge in [0.1, 0.15) is 5.03 Å². The molecule has 0 aromatic carbocycles. The van der Waals surface area contributed by atoms with Gasteiger partial charge in [0, 0.05) is 6.20 Å². The van der Waals surface area contributed by atoms with Crippen molar-refractivity contribution in [2.45, 2.75) is 5.03 Å². The number of hydrogen-bond donors (Lipinski definition) is 2. The highest BCUT2D eigenvalue weighted by Crippen LogP contribution is 2.20. The molecule has 0 radical (unpaired) electrons. The Morgan fingerprint density at radius 1 is 1.17 bits per heavy atom. The molecule has 2 N–H and O–H groups in total. The van der Waals surface area contributed by atoms with Gasteiger partial charge in [-0.3, -0.25) is 9.59 Å². The van der Waals surface area contributed by atoms with Crippen LogP contribution in [0, 0.1) is 24.7 Å². The molecular weight excluding hydrogens is 330 g/mol. The van der Waals surface area contributed by atoms with Gasteiger partial charge in [0.2, 0.25) is 5.91 Å². The summed E-state index contributed by atoms with van der Waals surface area (Å²) in [6.45, 7) is -0.275. The smallest absolute Gasteiger partial charge is 0.341 e. The molecular formula is C16H15N3O4S. The standard InChI is InChI=1S/C16H15N3O4S/c1-3-7-17-13(20)10-23-16(22)12-6-5-9-19-15(12)24-11-14(21)18-8-4-2/h1-2,5-6,9H,7-8,10-11H2,(H,17,20)(H,18,21). The van der Waals surface area contributed by atoms with Crippen LogP contribution in [0.1, 0.15) is 10.4 Å². The van der Waals surface area contributed by atoms with E-state index in [9.17, 15) is 14.4 Å². The highest BCUT2D eigenvalue weighted by molar-refractivity contribution is 8.00. The van der Waals surface area contributed by atoms with E-state index in [4.69, 9.17) is 17.6 Å². The Balaban J connectivity index is 2.60. The number of aromatic nitrogens is 1. The maximum Gasteiger partial charge on any atom is 0.341 e. The fourth-order valence-electron chi connectivity index (χ4n) is 1.41. The van der Waals surface area contributed by atoms with E-state index in [2.05, 4.69) is 27.5 Å². The third-order valence-corrected chi connectivity index (χ3v) is 3.45. The number of nitrogens with one attached hydrogen (secondary N) is 2. The monoisotopic (exact) mass is 345 g/mol. The number of rotatable bonds is 8. The summed E-state index contributed by atoms with van der Waals surface area (Å²) in [5.74, 6) is 3.06. The molecule has 0 aliphatic carbocycles. The number of ether oxygens (including phenoxy) is 1. The van der Waals surface area contributed by atoms with Crippen LogP contribution >= 0.6 is 11.8 Å². The predicted octanol–water partition coefficient (Wildman–Crippen LogP) is -0.171. The van der Waals surface area contributed by atoms with Crippen molar-refractivity contribution < 1.29 is 19.1 Å². The first-order valence-corrected chi connectivity index (χ1v) is 7.72. The lowest BCUT2D eigenvalue weighted by Crippen LogP contribution is -2.29. The van der Waals surface area contributed by atoms with Gasteiger partial charge < -0.3 is 15.4 Å². The molecule has 24 heavy (non-hydrogen) atoms. The van der Waals surface area contributed by atoms with Crippen molar-refractivity contribution in [1.82, 2.24) is 15.6 Å². The second-order valence-electron chi connectivity index (χ2n) is 4.18. The van der Waals surface area contributed by atoms with Gasteiger partial charge in [-0.25, -0.2) is 9.78 Å². The minimum atomic E-state index is -0.717. The molecule has 124 valence electrons. The third-order valence-electron chi connectivity index (χ3n) is 2.44. The van der Waals surface area contributed by atoms with Crippen LogP contribution in [0.3, 0.4) is 0 Å². The zero-order chi connectivity index (χ0) is 17.8. The van der Waals surface area contributed by atoms with Gasteiger partial charge in [-0.15, -0.1) is 12.8 Å². The molecule has 0 aliphatic heterocycles. The topological polar surface area (TPSA) is 97.4 Å². The van der Waals surface area contributed by atoms with Crippen LogP contribution in [-0.4, -0.2) is 48.2 Å². The number of nitrogens with zero attached hydrogens (tertiary/aromatic N) is 1. The van der Waals surface area contributed by atoms with Crippen molar-refractivity contribution in [1.29, 1.82) is 0 Å². The molecule has 1 heterocycles. The van der Waals surface area contributed by atoms with Crippen LogP contribution in [0.25, 0.3) is 0 Å². The zero-order valence-electron chi connectivity index (χ0n) is 12.7. The lowest BCUT2D eigenvalue weighted by molar-refractivity contribution is -0.124. The largest absolute Gasteiger partial charge is 0.452 e. The molecule has 0 aliphatic rings. The molecule has 0 unspecified atom stereocenters. The van der Waals surface area contributed by atoms with Gasteiger partial charge in [-0.05, 0) is 12.1 Å². The molecule has 1 aromatic rings. The van der Waals surface area contributed by atoms with Crippen molar-refractivity contribution in [3.05, 3.63) is 23.9 Å². The lowest BCUT2D eigenvalue weighted by atomic mass is 10.3. The molecule has 7 nitrogen and oxygen atoms in total. The molecule has 0 bridgehead atoms. The van der Waals surface area contributed by atoms with E-state index < -0.39 is 18.5 Å². The van der Waals surface area contributed by atoms with Crippen LogP contribution in [0.2, 0.25) is 0 Å². The lowest BCUT2D eigenvalue weighted by Gasteiger charge is -2.08. The normalized spacial score (nSPS) is 9.25. The highest BCUT2D eigenvalue weighted by atomic mass is 32.2. The average Bonchev–Trinajstić information content (AvgIpc) is 2.61. The maximum absolute atomic E-state index is 12.0. The van der Waals surface area contributed by atoms with Crippen LogP contribution in [-0.2, 0) is 14.3 Å². The summed E-state index contributed by atoms with van der Waals surface area (Å²) in [5.41, 5.74) is 0.164. The fourth-order valence-corrected chi connectivity index (χ4v) is 2.22. The Labute approximate surface area is 143 Å². The van der Waals surface area contributed by atoms with Crippen LogP contribution in [0.15, 0.2) is 23.4 Å². The average molecular weight is 345 g/mol. The molecule has 8 heteroatoms. The molecule has 1 aromatic heterocycles. The van der Waals surface area contributed by atoms with Crippen molar-refractivity contribution in [2.24, 2.45) is 0 Å². The number of terminal acetylenes is 2. The van der Waals surface area contributed by atoms with Crippen molar-refractivity contribution in [3.63, 3.8) is 0 Å². The van der Waals surface area contributed by atoms with Crippen LogP contribution in [0.5, 0.6) is 0 Å². The molecule has 0 saturated carbocycles. The van der Waals surface area contributed by atoms with Gasteiger partial charge in [0.05, 0.1) is 24.4 Å². The van der Waals surface area contributed by atoms with Crippen molar-refractivity contribution >= 4 is 29.5 Å². The number of carbonyl (C=O) groups excluding carboxylic acids is 3. The molecule has 0 spiro atoms. The minimum absolute atomic E-state index is 0.0433. The molecule has 0 fully saturated rings. The van der Waals surface area contributed by atoms with E-state index >= 15 is 0 Å². The first kappa shape index (κ1) is 19.1. The van der Waals surface area contributed by atoms with Gasteiger partial charge >= 0.3 is 5.97 Å². The maximum atomic E-state index is 12.0. The molecule has 1 rings (SSSR count). The quantitative estimate of drug-likeness (QED) is 0.386. The van der Waals surface area contributed by atoms with E-state index in [0.29, 0.717) is 5.03 Å². The van der Waals surface area contributed by atoms with Crippen LogP contribution < -0.4 is 10.6 Å². The highest BCUT2D eigenvalue weighted by Gasteiger charge is 2.16. The number of carbonyl (C=O) groups is 3. The number of pyridine rings is 1. The summed E-state index contributed by atoms with van der Waals surface area (Å²) in [5, 5.41) is 5.19. The zero-order valence-corrected chi connectivity index (χ0v) is 13.5. The fraction of sp³-hybridized carbons (Fsp3) is 0.250. The summed E-state index contributed by atoms with van der Waals surface area (Å²) in [4.78, 5) is 39.0. The van der Waals surface area contributed by atoms with Gasteiger partial charge in [-0.1, -0.05) is 23.6 Å². The van der Waals surface area contributed by atoms with E-state index in [1.807, 2.05) is 0 Å². The number of esters is 1. The predicted molar refractivity (Wildman–Crippen MR) is 88.9 cm³/mol. The Hall–Kier alpha value is -2.97. The van der Waals surface area contributed by atoms with E-state index in [1.54, 1.807) is 6.07 Å². The van der Waals surface area contributed by atoms with E-state index in [-0.39, 0.29) is 30.3 Å². The second-order valence-corrected chi connectivity index (χ2v) is 5.15. The Morgan fingerprint density at radius 2 is 1.83 bits per heavy atom. The number of amides is 2. The summed E-state index contributed by atoms with van der Waals surface area (Å²) in [7, 11) is 0. The third kappa shape index (κ3) is 6.86. The number of thioether (sulfide) groups is 1. The summed E-state index contributed by atoms with van der Waals surface area (Å²) >= 11 is 1.06. The minimum Gasteiger partial charge on any atom is -0.452 e. The molecule has 0 atom stereocenters. The van der Waals surface area contributed by atoms with E-state index in [0.717, 1.165) is 11.8 Å². The first-order chi connectivity index (χ1) is 11.6. The van der Waals surface area contributed by atoms with Gasteiger partial charge in [0.15, 0.2) is 6.61 Å². The van der Waals surface area contributed by atoms with Gasteiger partial charge in [-0.2, -0.15) is 0 Å². The molecule has 0 saturated heterocycles. The summed E-state index contributed by atoms with van der Waals surface area (Å²) in [6, 6.07) is 3.05. The Morgan fingerprint density at radius 3 is 2.50 bits per heavy atom. The summed E-state index contributed by atoms with van der Waals surface area (Å²) < 4.78 is 4.90. The summed E-state index contributed by atoms with van der Waals surface area (Å²) in [6.07, 6.45) is 11.5. The Bertz CT molecular complexity index is 691. The Kier molecular flexibility index (Phi) is 8.51. The van der Waals surface area contributed by atoms with Crippen molar-refractivity contribution in [3.8, 4) is 24.7 Å². The number of hydrogen-bond acceptors (Lipinski definition) is 6. The first-order valence-electron chi connectivity index (χ1n) is 6.73. The molecule has 2 amide bonds. The SMILES string of the molecule is C#CCNC(=O)COC(=O)c1cccnc1SCC(=O)NCC#C. The van der Waals surface area contributed by atoms with E-state index in [1.165, 1.54) is 12.3 Å². The van der Waals surface area contributed by atoms with Gasteiger partial charge in [0.25, 0.3) is 5.91 Å². The van der Waals surface area contributed by atoms with Crippen LogP contribution in [0.4, 0.5) is 0 Å². The van der Waals surface area contributed by atoms with Crippen molar-refractivity contribution in [2.75, 3.05) is 25.4 Å². The second kappa shape index (κ2) is 10.7.